The van der Waals surface area contributed by atoms with Gasteiger partial charge in [-0.05, 0) is 12.1 Å². The molecule has 90 valence electrons. The van der Waals surface area contributed by atoms with Gasteiger partial charge in [0, 0.05) is 11.1 Å². The highest BCUT2D eigenvalue weighted by Crippen LogP contribution is 2.07. The summed E-state index contributed by atoms with van der Waals surface area (Å²) in [6.07, 6.45) is 0. The maximum Gasteiger partial charge on any atom is 0.304 e. The molecular formula is C10H10N2O3S2. The van der Waals surface area contributed by atoms with E-state index in [2.05, 4.69) is 9.71 Å². The molecule has 5 nitrogen and oxygen atoms in total. The average molecular weight is 270 g/mol. The summed E-state index contributed by atoms with van der Waals surface area (Å²) in [7, 11) is -3.52. The van der Waals surface area contributed by atoms with Gasteiger partial charge in [0.15, 0.2) is 0 Å². The van der Waals surface area contributed by atoms with Crippen LogP contribution < -0.4 is 9.60 Å². The van der Waals surface area contributed by atoms with Crippen LogP contribution in [0.3, 0.4) is 0 Å². The van der Waals surface area contributed by atoms with Crippen LogP contribution in [0.5, 0.6) is 0 Å². The number of nitrogens with one attached hydrogen (secondary N) is 2. The molecule has 0 saturated heterocycles. The van der Waals surface area contributed by atoms with Gasteiger partial charge in [0.2, 0.25) is 10.0 Å². The third-order valence-corrected chi connectivity index (χ3v) is 4.21. The van der Waals surface area contributed by atoms with Gasteiger partial charge in [0.1, 0.15) is 0 Å². The summed E-state index contributed by atoms with van der Waals surface area (Å²) in [5.41, 5.74) is 0.555. The number of hydrogen-bond acceptors (Lipinski definition) is 4. The Morgan fingerprint density at radius 1 is 1.24 bits per heavy atom. The first-order valence-corrected chi connectivity index (χ1v) is 7.15. The summed E-state index contributed by atoms with van der Waals surface area (Å²) in [6, 6.07) is 8.08. The van der Waals surface area contributed by atoms with Gasteiger partial charge in [0.05, 0.1) is 11.4 Å². The van der Waals surface area contributed by atoms with Crippen LogP contribution in [0.4, 0.5) is 0 Å². The van der Waals surface area contributed by atoms with Crippen molar-refractivity contribution in [3.05, 3.63) is 51.1 Å². The van der Waals surface area contributed by atoms with Crippen molar-refractivity contribution in [3.8, 4) is 0 Å². The largest absolute Gasteiger partial charge is 0.315 e. The Morgan fingerprint density at radius 2 is 1.94 bits per heavy atom. The van der Waals surface area contributed by atoms with E-state index >= 15 is 0 Å². The van der Waals surface area contributed by atoms with Crippen molar-refractivity contribution < 1.29 is 8.42 Å². The van der Waals surface area contributed by atoms with Crippen LogP contribution in [0.2, 0.25) is 0 Å². The van der Waals surface area contributed by atoms with Gasteiger partial charge >= 0.3 is 4.87 Å². The third-order valence-electron chi connectivity index (χ3n) is 2.08. The molecule has 17 heavy (non-hydrogen) atoms. The molecular weight excluding hydrogens is 260 g/mol. The van der Waals surface area contributed by atoms with Crippen LogP contribution in [0.15, 0.2) is 45.4 Å². The zero-order chi connectivity index (χ0) is 12.3. The summed E-state index contributed by atoms with van der Waals surface area (Å²) in [5, 5.41) is 1.59. The van der Waals surface area contributed by atoms with Gasteiger partial charge in [-0.3, -0.25) is 4.79 Å². The smallest absolute Gasteiger partial charge is 0.304 e. The molecule has 0 atom stereocenters. The second kappa shape index (κ2) is 4.82. The molecule has 0 fully saturated rings. The van der Waals surface area contributed by atoms with Gasteiger partial charge < -0.3 is 4.98 Å². The predicted molar refractivity (Wildman–Crippen MR) is 65.4 cm³/mol. The molecule has 1 aromatic heterocycles. The van der Waals surface area contributed by atoms with E-state index in [1.807, 2.05) is 0 Å². The molecule has 2 rings (SSSR count). The molecule has 0 radical (unpaired) electrons. The van der Waals surface area contributed by atoms with Crippen LogP contribution in [0.25, 0.3) is 0 Å². The van der Waals surface area contributed by atoms with E-state index in [0.717, 1.165) is 11.3 Å². The Labute approximate surface area is 102 Å². The van der Waals surface area contributed by atoms with Crippen molar-refractivity contribution in [2.45, 2.75) is 11.4 Å². The average Bonchev–Trinajstić information content (AvgIpc) is 2.74. The highest BCUT2D eigenvalue weighted by atomic mass is 32.2. The number of H-pyrrole nitrogens is 1. The van der Waals surface area contributed by atoms with Gasteiger partial charge in [0.25, 0.3) is 0 Å². The van der Waals surface area contributed by atoms with Crippen LogP contribution in [-0.4, -0.2) is 13.4 Å². The SMILES string of the molecule is O=c1[nH]c(CNS(=O)(=O)c2ccccc2)cs1. The van der Waals surface area contributed by atoms with Crippen molar-refractivity contribution >= 4 is 21.4 Å². The van der Waals surface area contributed by atoms with E-state index in [1.165, 1.54) is 12.1 Å². The molecule has 0 aliphatic rings. The van der Waals surface area contributed by atoms with E-state index in [1.54, 1.807) is 23.6 Å². The number of sulfonamides is 1. The number of rotatable bonds is 4. The monoisotopic (exact) mass is 270 g/mol. The first kappa shape index (κ1) is 12.0. The van der Waals surface area contributed by atoms with Crippen LogP contribution in [0.1, 0.15) is 5.69 Å². The quantitative estimate of drug-likeness (QED) is 0.867. The molecule has 0 amide bonds. The number of thiazole rings is 1. The van der Waals surface area contributed by atoms with Crippen LogP contribution in [0, 0.1) is 0 Å². The normalized spacial score (nSPS) is 11.5. The van der Waals surface area contributed by atoms with Crippen LogP contribution >= 0.6 is 11.3 Å². The lowest BCUT2D eigenvalue weighted by molar-refractivity contribution is 0.580. The molecule has 0 saturated carbocycles. The van der Waals surface area contributed by atoms with E-state index in [0.29, 0.717) is 5.69 Å². The second-order valence-electron chi connectivity index (χ2n) is 3.31. The Hall–Kier alpha value is -1.44. The molecule has 0 spiro atoms. The highest BCUT2D eigenvalue weighted by Gasteiger charge is 2.12. The van der Waals surface area contributed by atoms with Crippen molar-refractivity contribution in [1.29, 1.82) is 0 Å². The molecule has 7 heteroatoms. The Kier molecular flexibility index (Phi) is 3.41. The molecule has 0 unspecified atom stereocenters. The molecule has 0 aliphatic heterocycles. The van der Waals surface area contributed by atoms with Crippen LogP contribution in [-0.2, 0) is 16.6 Å². The minimum absolute atomic E-state index is 0.0793. The molecule has 1 heterocycles. The molecule has 1 aromatic carbocycles. The lowest BCUT2D eigenvalue weighted by Crippen LogP contribution is -2.23. The van der Waals surface area contributed by atoms with Crippen molar-refractivity contribution in [3.63, 3.8) is 0 Å². The van der Waals surface area contributed by atoms with E-state index < -0.39 is 10.0 Å². The van der Waals surface area contributed by atoms with Crippen molar-refractivity contribution in [2.24, 2.45) is 0 Å². The number of aromatic nitrogens is 1. The summed E-state index contributed by atoms with van der Waals surface area (Å²) in [5.74, 6) is 0. The lowest BCUT2D eigenvalue weighted by atomic mass is 10.4. The summed E-state index contributed by atoms with van der Waals surface area (Å²) >= 11 is 1.00. The minimum Gasteiger partial charge on any atom is -0.315 e. The van der Waals surface area contributed by atoms with Gasteiger partial charge in [-0.15, -0.1) is 0 Å². The zero-order valence-corrected chi connectivity index (χ0v) is 10.3. The summed E-state index contributed by atoms with van der Waals surface area (Å²) < 4.78 is 26.0. The fourth-order valence-corrected chi connectivity index (χ4v) is 2.87. The first-order chi connectivity index (χ1) is 8.08. The number of aromatic amines is 1. The van der Waals surface area contributed by atoms with Crippen molar-refractivity contribution in [2.75, 3.05) is 0 Å². The number of benzene rings is 1. The highest BCUT2D eigenvalue weighted by molar-refractivity contribution is 7.89. The van der Waals surface area contributed by atoms with Gasteiger partial charge in [-0.25, -0.2) is 13.1 Å². The van der Waals surface area contributed by atoms with Gasteiger partial charge in [-0.1, -0.05) is 29.5 Å². The predicted octanol–water partition coefficient (Wildman–Crippen LogP) is 0.915. The Bertz CT molecular complexity index is 643. The van der Waals surface area contributed by atoms with Crippen molar-refractivity contribution in [1.82, 2.24) is 9.71 Å². The zero-order valence-electron chi connectivity index (χ0n) is 8.71. The molecule has 0 bridgehead atoms. The molecule has 2 N–H and O–H groups in total. The molecule has 2 aromatic rings. The fraction of sp³-hybridized carbons (Fsp3) is 0.100. The van der Waals surface area contributed by atoms with E-state index in [9.17, 15) is 13.2 Å². The third kappa shape index (κ3) is 3.02. The summed E-state index contributed by atoms with van der Waals surface area (Å²) in [4.78, 5) is 13.4. The maximum absolute atomic E-state index is 11.8. The van der Waals surface area contributed by atoms with Gasteiger partial charge in [-0.2, -0.15) is 0 Å². The molecule has 0 aliphatic carbocycles. The van der Waals surface area contributed by atoms with E-state index in [-0.39, 0.29) is 16.3 Å². The van der Waals surface area contributed by atoms with E-state index in [4.69, 9.17) is 0 Å². The lowest BCUT2D eigenvalue weighted by Gasteiger charge is -2.04. The maximum atomic E-state index is 11.8. The minimum atomic E-state index is -3.52. The second-order valence-corrected chi connectivity index (χ2v) is 5.92. The standard InChI is InChI=1S/C10H10N2O3S2/c13-10-12-8(7-16-10)6-11-17(14,15)9-4-2-1-3-5-9/h1-5,7,11H,6H2,(H,12,13). The topological polar surface area (TPSA) is 79.0 Å². The number of hydrogen-bond donors (Lipinski definition) is 2. The fourth-order valence-electron chi connectivity index (χ4n) is 1.26. The Morgan fingerprint density at radius 3 is 2.53 bits per heavy atom. The summed E-state index contributed by atoms with van der Waals surface area (Å²) in [6.45, 7) is 0.0793. The Balaban J connectivity index is 2.11. The first-order valence-electron chi connectivity index (χ1n) is 4.79.